The summed E-state index contributed by atoms with van der Waals surface area (Å²) in [5, 5.41) is 2.95. The van der Waals surface area contributed by atoms with E-state index in [0.29, 0.717) is 19.6 Å². The normalized spacial score (nSPS) is 22.2. The fourth-order valence-corrected chi connectivity index (χ4v) is 5.63. The SMILES string of the molecule is COCCN(C(=O)Nc1cccc(N2CCC(C)CC2)c1)C1CCS(=O)(=O)C1. The van der Waals surface area contributed by atoms with Crippen LogP contribution in [0.4, 0.5) is 16.2 Å². The molecule has 2 aliphatic rings. The van der Waals surface area contributed by atoms with Crippen molar-refractivity contribution in [3.05, 3.63) is 24.3 Å². The average Bonchev–Trinajstić information content (AvgIpc) is 3.02. The molecule has 3 rings (SSSR count). The van der Waals surface area contributed by atoms with Gasteiger partial charge in [0, 0.05) is 44.2 Å². The van der Waals surface area contributed by atoms with Crippen LogP contribution in [-0.4, -0.2) is 70.2 Å². The lowest BCUT2D eigenvalue weighted by molar-refractivity contribution is 0.140. The molecule has 0 bridgehead atoms. The van der Waals surface area contributed by atoms with Crippen LogP contribution in [0.25, 0.3) is 0 Å². The molecule has 1 aromatic rings. The second-order valence-corrected chi connectivity index (χ2v) is 10.1. The van der Waals surface area contributed by atoms with Gasteiger partial charge in [0.25, 0.3) is 0 Å². The first kappa shape index (κ1) is 20.9. The number of amides is 2. The van der Waals surface area contributed by atoms with Gasteiger partial charge in [-0.15, -0.1) is 0 Å². The molecule has 0 radical (unpaired) electrons. The summed E-state index contributed by atoms with van der Waals surface area (Å²) in [7, 11) is -1.49. The Morgan fingerprint density at radius 1 is 1.29 bits per heavy atom. The molecule has 7 nitrogen and oxygen atoms in total. The maximum absolute atomic E-state index is 12.9. The average molecular weight is 410 g/mol. The highest BCUT2D eigenvalue weighted by molar-refractivity contribution is 7.91. The van der Waals surface area contributed by atoms with E-state index in [1.165, 1.54) is 12.8 Å². The number of piperidine rings is 1. The van der Waals surface area contributed by atoms with Crippen LogP contribution in [0.3, 0.4) is 0 Å². The summed E-state index contributed by atoms with van der Waals surface area (Å²) in [6, 6.07) is 7.30. The summed E-state index contributed by atoms with van der Waals surface area (Å²) in [6.45, 7) is 5.07. The Morgan fingerprint density at radius 2 is 2.04 bits per heavy atom. The van der Waals surface area contributed by atoms with Crippen LogP contribution in [-0.2, 0) is 14.6 Å². The van der Waals surface area contributed by atoms with E-state index < -0.39 is 9.84 Å². The maximum atomic E-state index is 12.9. The van der Waals surface area contributed by atoms with E-state index in [-0.39, 0.29) is 23.6 Å². The van der Waals surface area contributed by atoms with Crippen molar-refractivity contribution in [2.24, 2.45) is 5.92 Å². The molecule has 2 heterocycles. The first-order valence-corrected chi connectivity index (χ1v) is 11.8. The lowest BCUT2D eigenvalue weighted by Crippen LogP contribution is -2.45. The van der Waals surface area contributed by atoms with E-state index >= 15 is 0 Å². The second-order valence-electron chi connectivity index (χ2n) is 7.89. The summed E-state index contributed by atoms with van der Waals surface area (Å²) in [6.07, 6.45) is 2.83. The van der Waals surface area contributed by atoms with Crippen molar-refractivity contribution in [1.82, 2.24) is 4.90 Å². The molecule has 1 N–H and O–H groups in total. The Labute approximate surface area is 167 Å². The topological polar surface area (TPSA) is 79.0 Å². The van der Waals surface area contributed by atoms with Crippen LogP contribution < -0.4 is 10.2 Å². The van der Waals surface area contributed by atoms with Gasteiger partial charge in [0.1, 0.15) is 0 Å². The molecule has 2 aliphatic heterocycles. The monoisotopic (exact) mass is 409 g/mol. The van der Waals surface area contributed by atoms with Gasteiger partial charge in [-0.05, 0) is 43.4 Å². The van der Waals surface area contributed by atoms with Gasteiger partial charge in [0.2, 0.25) is 0 Å². The number of ether oxygens (including phenoxy) is 1. The molecule has 0 saturated carbocycles. The highest BCUT2D eigenvalue weighted by atomic mass is 32.2. The number of nitrogens with zero attached hydrogens (tertiary/aromatic N) is 2. The second kappa shape index (κ2) is 9.13. The van der Waals surface area contributed by atoms with Gasteiger partial charge in [-0.25, -0.2) is 13.2 Å². The minimum absolute atomic E-state index is 0.0239. The number of benzene rings is 1. The van der Waals surface area contributed by atoms with Gasteiger partial charge >= 0.3 is 6.03 Å². The fourth-order valence-electron chi connectivity index (χ4n) is 3.90. The number of methoxy groups -OCH3 is 1. The molecule has 28 heavy (non-hydrogen) atoms. The molecule has 156 valence electrons. The lowest BCUT2D eigenvalue weighted by Gasteiger charge is -2.32. The third-order valence-corrected chi connectivity index (χ3v) is 7.44. The molecule has 1 atom stereocenters. The Morgan fingerprint density at radius 3 is 2.68 bits per heavy atom. The summed E-state index contributed by atoms with van der Waals surface area (Å²) >= 11 is 0. The van der Waals surface area contributed by atoms with E-state index in [0.717, 1.165) is 30.4 Å². The third kappa shape index (κ3) is 5.38. The van der Waals surface area contributed by atoms with Crippen LogP contribution in [0, 0.1) is 5.92 Å². The van der Waals surface area contributed by atoms with Crippen molar-refractivity contribution < 1.29 is 17.9 Å². The molecule has 2 fully saturated rings. The molecule has 8 heteroatoms. The molecule has 1 aromatic carbocycles. The fraction of sp³-hybridized carbons (Fsp3) is 0.650. The molecular weight excluding hydrogens is 378 g/mol. The number of nitrogens with one attached hydrogen (secondary N) is 1. The Balaban J connectivity index is 1.68. The van der Waals surface area contributed by atoms with Gasteiger partial charge in [-0.2, -0.15) is 0 Å². The number of carbonyl (C=O) groups is 1. The van der Waals surface area contributed by atoms with E-state index in [1.807, 2.05) is 18.2 Å². The zero-order valence-corrected chi connectivity index (χ0v) is 17.6. The van der Waals surface area contributed by atoms with Crippen LogP contribution in [0.1, 0.15) is 26.2 Å². The van der Waals surface area contributed by atoms with Gasteiger partial charge in [0.05, 0.1) is 18.1 Å². The third-order valence-electron chi connectivity index (χ3n) is 5.69. The number of hydrogen-bond donors (Lipinski definition) is 1. The van der Waals surface area contributed by atoms with E-state index in [1.54, 1.807) is 12.0 Å². The molecule has 2 amide bonds. The first-order valence-electron chi connectivity index (χ1n) is 10.00. The Hall–Kier alpha value is -1.80. The van der Waals surface area contributed by atoms with Crippen molar-refractivity contribution in [1.29, 1.82) is 0 Å². The van der Waals surface area contributed by atoms with Crippen LogP contribution in [0.2, 0.25) is 0 Å². The van der Waals surface area contributed by atoms with Crippen molar-refractivity contribution in [3.8, 4) is 0 Å². The number of rotatable bonds is 6. The predicted molar refractivity (Wildman–Crippen MR) is 112 cm³/mol. The van der Waals surface area contributed by atoms with Gasteiger partial charge in [-0.3, -0.25) is 0 Å². The quantitative estimate of drug-likeness (QED) is 0.781. The van der Waals surface area contributed by atoms with E-state index in [4.69, 9.17) is 4.74 Å². The molecule has 0 aromatic heterocycles. The summed E-state index contributed by atoms with van der Waals surface area (Å²) < 4.78 is 28.8. The van der Waals surface area contributed by atoms with Crippen LogP contribution in [0.5, 0.6) is 0 Å². The van der Waals surface area contributed by atoms with Gasteiger partial charge in [-0.1, -0.05) is 13.0 Å². The lowest BCUT2D eigenvalue weighted by atomic mass is 9.99. The highest BCUT2D eigenvalue weighted by Gasteiger charge is 2.34. The van der Waals surface area contributed by atoms with Crippen LogP contribution >= 0.6 is 0 Å². The van der Waals surface area contributed by atoms with Crippen molar-refractivity contribution >= 4 is 27.2 Å². The molecule has 2 saturated heterocycles. The zero-order chi connectivity index (χ0) is 20.1. The highest BCUT2D eigenvalue weighted by Crippen LogP contribution is 2.26. The number of carbonyl (C=O) groups excluding carboxylic acids is 1. The van der Waals surface area contributed by atoms with Crippen LogP contribution in [0.15, 0.2) is 24.3 Å². The minimum atomic E-state index is -3.07. The molecule has 1 unspecified atom stereocenters. The zero-order valence-electron chi connectivity index (χ0n) is 16.8. The van der Waals surface area contributed by atoms with Crippen molar-refractivity contribution in [3.63, 3.8) is 0 Å². The number of hydrogen-bond acceptors (Lipinski definition) is 5. The van der Waals surface area contributed by atoms with E-state index in [9.17, 15) is 13.2 Å². The summed E-state index contributed by atoms with van der Waals surface area (Å²) in [5.74, 6) is 0.920. The number of urea groups is 1. The smallest absolute Gasteiger partial charge is 0.322 e. The standard InChI is InChI=1S/C20H31N3O4S/c1-16-6-9-22(10-7-16)18-5-3-4-17(14-18)21-20(24)23(11-12-27-2)19-8-13-28(25,26)15-19/h3-5,14,16,19H,6-13,15H2,1-2H3,(H,21,24). The van der Waals surface area contributed by atoms with Gasteiger partial charge < -0.3 is 19.9 Å². The number of anilines is 2. The molecule has 0 spiro atoms. The first-order chi connectivity index (χ1) is 13.4. The summed E-state index contributed by atoms with van der Waals surface area (Å²) in [4.78, 5) is 16.8. The molecule has 0 aliphatic carbocycles. The Bertz CT molecular complexity index is 775. The minimum Gasteiger partial charge on any atom is -0.383 e. The molecular formula is C20H31N3O4S. The number of sulfone groups is 1. The van der Waals surface area contributed by atoms with Crippen molar-refractivity contribution in [2.75, 3.05) is 55.1 Å². The van der Waals surface area contributed by atoms with Gasteiger partial charge in [0.15, 0.2) is 9.84 Å². The largest absolute Gasteiger partial charge is 0.383 e. The summed E-state index contributed by atoms with van der Waals surface area (Å²) in [5.41, 5.74) is 1.83. The maximum Gasteiger partial charge on any atom is 0.322 e. The van der Waals surface area contributed by atoms with Crippen molar-refractivity contribution in [2.45, 2.75) is 32.2 Å². The van der Waals surface area contributed by atoms with E-state index in [2.05, 4.69) is 23.2 Å². The predicted octanol–water partition coefficient (Wildman–Crippen LogP) is 2.59. The Kier molecular flexibility index (Phi) is 6.82.